The molecular formula is C15H25N3O3. The number of ether oxygens (including phenoxy) is 2. The predicted octanol–water partition coefficient (Wildman–Crippen LogP) is 2.17. The molecule has 2 heterocycles. The summed E-state index contributed by atoms with van der Waals surface area (Å²) in [5.74, 6) is 2.10. The first kappa shape index (κ1) is 14.9. The van der Waals surface area contributed by atoms with Crippen molar-refractivity contribution in [2.45, 2.75) is 56.8 Å². The summed E-state index contributed by atoms with van der Waals surface area (Å²) in [7, 11) is 3.48. The predicted molar refractivity (Wildman–Crippen MR) is 76.8 cm³/mol. The third kappa shape index (κ3) is 2.84. The van der Waals surface area contributed by atoms with Gasteiger partial charge in [-0.25, -0.2) is 0 Å². The summed E-state index contributed by atoms with van der Waals surface area (Å²) in [6, 6.07) is 0.0904. The second kappa shape index (κ2) is 6.02. The van der Waals surface area contributed by atoms with E-state index in [0.29, 0.717) is 11.7 Å². The maximum atomic E-state index is 5.80. The van der Waals surface area contributed by atoms with E-state index in [-0.39, 0.29) is 17.7 Å². The largest absolute Gasteiger partial charge is 0.380 e. The highest BCUT2D eigenvalue weighted by molar-refractivity contribution is 5.06. The lowest BCUT2D eigenvalue weighted by molar-refractivity contribution is -0.0609. The van der Waals surface area contributed by atoms with Gasteiger partial charge in [0, 0.05) is 20.8 Å². The smallest absolute Gasteiger partial charge is 0.243 e. The van der Waals surface area contributed by atoms with E-state index in [4.69, 9.17) is 14.0 Å². The van der Waals surface area contributed by atoms with Gasteiger partial charge >= 0.3 is 0 Å². The summed E-state index contributed by atoms with van der Waals surface area (Å²) >= 11 is 0. The molecule has 1 saturated carbocycles. The van der Waals surface area contributed by atoms with Crippen LogP contribution in [0.3, 0.4) is 0 Å². The maximum Gasteiger partial charge on any atom is 0.243 e. The number of rotatable bonds is 4. The van der Waals surface area contributed by atoms with Crippen LogP contribution in [-0.4, -0.2) is 37.0 Å². The Hall–Kier alpha value is -0.980. The van der Waals surface area contributed by atoms with Crippen LogP contribution < -0.4 is 5.32 Å². The molecule has 2 unspecified atom stereocenters. The monoisotopic (exact) mass is 295 g/mol. The minimum atomic E-state index is -0.368. The van der Waals surface area contributed by atoms with Crippen molar-refractivity contribution in [1.82, 2.24) is 15.5 Å². The minimum absolute atomic E-state index is 0.0904. The second-order valence-corrected chi connectivity index (χ2v) is 6.39. The molecule has 3 rings (SSSR count). The molecule has 2 aliphatic rings. The van der Waals surface area contributed by atoms with Gasteiger partial charge < -0.3 is 19.3 Å². The van der Waals surface area contributed by atoms with Crippen molar-refractivity contribution in [3.8, 4) is 0 Å². The van der Waals surface area contributed by atoms with Crippen molar-refractivity contribution in [2.24, 2.45) is 5.92 Å². The average Bonchev–Trinajstić information content (AvgIpc) is 3.17. The third-order valence-electron chi connectivity index (χ3n) is 5.04. The van der Waals surface area contributed by atoms with Gasteiger partial charge in [0.15, 0.2) is 0 Å². The Morgan fingerprint density at radius 2 is 2.05 bits per heavy atom. The third-order valence-corrected chi connectivity index (χ3v) is 5.04. The molecule has 0 aromatic carbocycles. The summed E-state index contributed by atoms with van der Waals surface area (Å²) in [6.07, 6.45) is 5.30. The molecule has 0 radical (unpaired) electrons. The van der Waals surface area contributed by atoms with Crippen molar-refractivity contribution in [3.63, 3.8) is 0 Å². The molecule has 1 saturated heterocycles. The summed E-state index contributed by atoms with van der Waals surface area (Å²) in [4.78, 5) is 4.63. The first-order chi connectivity index (χ1) is 10.2. The van der Waals surface area contributed by atoms with Gasteiger partial charge in [0.05, 0.1) is 12.1 Å². The molecule has 118 valence electrons. The molecule has 1 aliphatic carbocycles. The minimum Gasteiger partial charge on any atom is -0.380 e. The van der Waals surface area contributed by atoms with Gasteiger partial charge in [0.1, 0.15) is 5.60 Å². The summed E-state index contributed by atoms with van der Waals surface area (Å²) in [6.45, 7) is 3.11. The van der Waals surface area contributed by atoms with E-state index in [1.807, 2.05) is 0 Å². The molecule has 0 amide bonds. The molecule has 0 spiro atoms. The molecule has 21 heavy (non-hydrogen) atoms. The summed E-state index contributed by atoms with van der Waals surface area (Å²) < 4.78 is 16.7. The molecule has 6 heteroatoms. The summed E-state index contributed by atoms with van der Waals surface area (Å²) in [5.41, 5.74) is -0.368. The van der Waals surface area contributed by atoms with Crippen LogP contribution in [0.2, 0.25) is 0 Å². The van der Waals surface area contributed by atoms with Crippen LogP contribution in [0.1, 0.15) is 56.8 Å². The highest BCUT2D eigenvalue weighted by atomic mass is 16.5. The molecule has 1 aromatic heterocycles. The molecule has 0 bridgehead atoms. The van der Waals surface area contributed by atoms with Crippen molar-refractivity contribution >= 4 is 0 Å². The summed E-state index contributed by atoms with van der Waals surface area (Å²) in [5, 5.41) is 7.58. The van der Waals surface area contributed by atoms with Crippen LogP contribution in [-0.2, 0) is 15.1 Å². The standard InChI is InChI=1S/C15H25N3O3/c1-10-4-6-15(20-3,7-5-10)14-17-13(21-18-14)12-8-11(19-2)9-16-12/h10-12,16H,4-9H2,1-3H3. The second-order valence-electron chi connectivity index (χ2n) is 6.39. The highest BCUT2D eigenvalue weighted by Gasteiger charge is 2.41. The SMILES string of the molecule is COC1CNC(c2nc(C3(OC)CCC(C)CC3)no2)C1. The van der Waals surface area contributed by atoms with Gasteiger partial charge in [-0.1, -0.05) is 12.1 Å². The molecule has 1 aromatic rings. The van der Waals surface area contributed by atoms with Gasteiger partial charge in [0.2, 0.25) is 11.7 Å². The van der Waals surface area contributed by atoms with Crippen molar-refractivity contribution in [3.05, 3.63) is 11.7 Å². The van der Waals surface area contributed by atoms with Crippen LogP contribution in [0.25, 0.3) is 0 Å². The molecule has 6 nitrogen and oxygen atoms in total. The first-order valence-corrected chi connectivity index (χ1v) is 7.82. The van der Waals surface area contributed by atoms with Crippen molar-refractivity contribution < 1.29 is 14.0 Å². The number of hydrogen-bond acceptors (Lipinski definition) is 6. The lowest BCUT2D eigenvalue weighted by Gasteiger charge is -2.35. The fraction of sp³-hybridized carbons (Fsp3) is 0.867. The van der Waals surface area contributed by atoms with Gasteiger partial charge in [0.25, 0.3) is 0 Å². The molecule has 1 N–H and O–H groups in total. The van der Waals surface area contributed by atoms with Gasteiger partial charge in [-0.3, -0.25) is 0 Å². The maximum absolute atomic E-state index is 5.80. The van der Waals surface area contributed by atoms with E-state index in [2.05, 4.69) is 22.4 Å². The Kier molecular flexibility index (Phi) is 4.28. The Bertz CT molecular complexity index is 468. The lowest BCUT2D eigenvalue weighted by Crippen LogP contribution is -2.34. The number of hydrogen-bond donors (Lipinski definition) is 1. The average molecular weight is 295 g/mol. The number of aromatic nitrogens is 2. The Balaban J connectivity index is 1.74. The highest BCUT2D eigenvalue weighted by Crippen LogP contribution is 2.41. The molecule has 2 fully saturated rings. The van der Waals surface area contributed by atoms with E-state index in [1.54, 1.807) is 14.2 Å². The van der Waals surface area contributed by atoms with E-state index >= 15 is 0 Å². The van der Waals surface area contributed by atoms with Gasteiger partial charge in [-0.15, -0.1) is 0 Å². The first-order valence-electron chi connectivity index (χ1n) is 7.82. The fourth-order valence-electron chi connectivity index (χ4n) is 3.38. The Morgan fingerprint density at radius 1 is 1.29 bits per heavy atom. The van der Waals surface area contributed by atoms with Crippen LogP contribution >= 0.6 is 0 Å². The molecule has 1 aliphatic heterocycles. The lowest BCUT2D eigenvalue weighted by atomic mass is 9.79. The van der Waals surface area contributed by atoms with Crippen LogP contribution in [0, 0.1) is 5.92 Å². The van der Waals surface area contributed by atoms with Crippen molar-refractivity contribution in [1.29, 1.82) is 0 Å². The molecule has 2 atom stereocenters. The number of nitrogens with zero attached hydrogens (tertiary/aromatic N) is 2. The molecular weight excluding hydrogens is 270 g/mol. The zero-order valence-corrected chi connectivity index (χ0v) is 13.1. The van der Waals surface area contributed by atoms with E-state index < -0.39 is 0 Å². The fourth-order valence-corrected chi connectivity index (χ4v) is 3.38. The van der Waals surface area contributed by atoms with E-state index in [0.717, 1.165) is 44.6 Å². The van der Waals surface area contributed by atoms with E-state index in [1.165, 1.54) is 0 Å². The van der Waals surface area contributed by atoms with Gasteiger partial charge in [-0.2, -0.15) is 4.98 Å². The van der Waals surface area contributed by atoms with Crippen molar-refractivity contribution in [2.75, 3.05) is 20.8 Å². The quantitative estimate of drug-likeness (QED) is 0.918. The van der Waals surface area contributed by atoms with Crippen LogP contribution in [0.15, 0.2) is 4.52 Å². The zero-order chi connectivity index (χ0) is 14.9. The van der Waals surface area contributed by atoms with Crippen LogP contribution in [0.4, 0.5) is 0 Å². The van der Waals surface area contributed by atoms with Gasteiger partial charge in [-0.05, 0) is 38.0 Å². The number of methoxy groups -OCH3 is 2. The Morgan fingerprint density at radius 3 is 2.67 bits per heavy atom. The topological polar surface area (TPSA) is 69.4 Å². The number of nitrogens with one attached hydrogen (secondary N) is 1. The zero-order valence-electron chi connectivity index (χ0n) is 13.1. The van der Waals surface area contributed by atoms with Crippen LogP contribution in [0.5, 0.6) is 0 Å². The van der Waals surface area contributed by atoms with E-state index in [9.17, 15) is 0 Å². The Labute approximate surface area is 125 Å². The normalized spacial score (nSPS) is 37.0.